The summed E-state index contributed by atoms with van der Waals surface area (Å²) in [6.45, 7) is 11.0. The molecule has 0 bridgehead atoms. The SMILES string of the molecule is CCCCCCCC(CCCCCCC)N1CCC(C(C)(C)O)CC1. The zero-order valence-electron chi connectivity index (χ0n) is 17.9. The summed E-state index contributed by atoms with van der Waals surface area (Å²) in [4.78, 5) is 2.77. The summed E-state index contributed by atoms with van der Waals surface area (Å²) in [5, 5.41) is 10.3. The lowest BCUT2D eigenvalue weighted by Crippen LogP contribution is -2.46. The molecule has 1 rings (SSSR count). The van der Waals surface area contributed by atoms with E-state index in [-0.39, 0.29) is 0 Å². The Morgan fingerprint density at radius 2 is 1.24 bits per heavy atom. The van der Waals surface area contributed by atoms with Crippen LogP contribution in [0.4, 0.5) is 0 Å². The predicted octanol–water partition coefficient (Wildman–Crippen LogP) is 6.56. The van der Waals surface area contributed by atoms with E-state index in [9.17, 15) is 5.11 Å². The number of aliphatic hydroxyl groups is 1. The third-order valence-corrected chi connectivity index (χ3v) is 6.33. The van der Waals surface area contributed by atoms with Crippen LogP contribution >= 0.6 is 0 Å². The Morgan fingerprint density at radius 3 is 1.64 bits per heavy atom. The largest absolute Gasteiger partial charge is 0.390 e. The van der Waals surface area contributed by atoms with E-state index in [1.54, 1.807) is 0 Å². The zero-order chi connectivity index (χ0) is 18.5. The van der Waals surface area contributed by atoms with Crippen LogP contribution < -0.4 is 0 Å². The van der Waals surface area contributed by atoms with E-state index in [2.05, 4.69) is 18.7 Å². The van der Waals surface area contributed by atoms with Crippen molar-refractivity contribution in [1.29, 1.82) is 0 Å². The molecule has 1 aliphatic heterocycles. The molecule has 0 aliphatic carbocycles. The van der Waals surface area contributed by atoms with E-state index in [0.29, 0.717) is 5.92 Å². The highest BCUT2D eigenvalue weighted by Gasteiger charge is 2.32. The van der Waals surface area contributed by atoms with Gasteiger partial charge in [0.2, 0.25) is 0 Å². The average Bonchev–Trinajstić information content (AvgIpc) is 2.59. The van der Waals surface area contributed by atoms with Gasteiger partial charge in [0.05, 0.1) is 5.60 Å². The first kappa shape index (κ1) is 23.0. The van der Waals surface area contributed by atoms with Crippen molar-refractivity contribution in [2.75, 3.05) is 13.1 Å². The van der Waals surface area contributed by atoms with Gasteiger partial charge in [0.15, 0.2) is 0 Å². The van der Waals surface area contributed by atoms with E-state index in [0.717, 1.165) is 6.04 Å². The van der Waals surface area contributed by atoms with Crippen molar-refractivity contribution in [3.63, 3.8) is 0 Å². The Balaban J connectivity index is 2.38. The molecule has 1 heterocycles. The summed E-state index contributed by atoms with van der Waals surface area (Å²) in [5.41, 5.74) is -0.498. The summed E-state index contributed by atoms with van der Waals surface area (Å²) < 4.78 is 0. The van der Waals surface area contributed by atoms with Gasteiger partial charge in [-0.2, -0.15) is 0 Å². The van der Waals surface area contributed by atoms with Crippen LogP contribution in [0, 0.1) is 5.92 Å². The number of hydrogen-bond donors (Lipinski definition) is 1. The first-order valence-corrected chi connectivity index (χ1v) is 11.5. The van der Waals surface area contributed by atoms with Crippen LogP contribution in [0.1, 0.15) is 118 Å². The molecule has 0 saturated carbocycles. The summed E-state index contributed by atoms with van der Waals surface area (Å²) in [5.74, 6) is 0.485. The van der Waals surface area contributed by atoms with Crippen molar-refractivity contribution >= 4 is 0 Å². The molecule has 0 radical (unpaired) electrons. The van der Waals surface area contributed by atoms with Crippen LogP contribution in [-0.2, 0) is 0 Å². The van der Waals surface area contributed by atoms with Gasteiger partial charge in [-0.25, -0.2) is 0 Å². The number of hydrogen-bond acceptors (Lipinski definition) is 2. The molecule has 0 amide bonds. The van der Waals surface area contributed by atoms with E-state index in [4.69, 9.17) is 0 Å². The Morgan fingerprint density at radius 1 is 0.800 bits per heavy atom. The summed E-state index contributed by atoms with van der Waals surface area (Å²) in [7, 11) is 0. The minimum atomic E-state index is -0.498. The van der Waals surface area contributed by atoms with E-state index < -0.39 is 5.60 Å². The maximum absolute atomic E-state index is 10.3. The predicted molar refractivity (Wildman–Crippen MR) is 111 cm³/mol. The van der Waals surface area contributed by atoms with Gasteiger partial charge in [-0.3, -0.25) is 0 Å². The summed E-state index contributed by atoms with van der Waals surface area (Å²) in [6, 6.07) is 0.797. The number of nitrogens with zero attached hydrogens (tertiary/aromatic N) is 1. The van der Waals surface area contributed by atoms with Crippen LogP contribution in [0.25, 0.3) is 0 Å². The summed E-state index contributed by atoms with van der Waals surface area (Å²) in [6.07, 6.45) is 19.1. The molecule has 0 atom stereocenters. The van der Waals surface area contributed by atoms with E-state index >= 15 is 0 Å². The molecule has 2 nitrogen and oxygen atoms in total. The lowest BCUT2D eigenvalue weighted by molar-refractivity contribution is -0.0203. The normalized spacial score (nSPS) is 17.5. The average molecular weight is 354 g/mol. The second-order valence-corrected chi connectivity index (χ2v) is 9.02. The van der Waals surface area contributed by atoms with Gasteiger partial charge >= 0.3 is 0 Å². The quantitative estimate of drug-likeness (QED) is 0.357. The van der Waals surface area contributed by atoms with Gasteiger partial charge in [0.1, 0.15) is 0 Å². The van der Waals surface area contributed by atoms with Crippen LogP contribution in [0.5, 0.6) is 0 Å². The molecular formula is C23H47NO. The third-order valence-electron chi connectivity index (χ3n) is 6.33. The molecule has 25 heavy (non-hydrogen) atoms. The molecule has 150 valence electrons. The number of unbranched alkanes of at least 4 members (excludes halogenated alkanes) is 8. The number of piperidine rings is 1. The molecule has 1 fully saturated rings. The van der Waals surface area contributed by atoms with Crippen molar-refractivity contribution in [2.45, 2.75) is 129 Å². The van der Waals surface area contributed by atoms with Gasteiger partial charge in [-0.15, -0.1) is 0 Å². The van der Waals surface area contributed by atoms with Crippen LogP contribution in [0.2, 0.25) is 0 Å². The highest BCUT2D eigenvalue weighted by Crippen LogP contribution is 2.30. The fourth-order valence-electron chi connectivity index (χ4n) is 4.45. The summed E-state index contributed by atoms with van der Waals surface area (Å²) >= 11 is 0. The molecule has 0 aromatic rings. The van der Waals surface area contributed by atoms with Crippen LogP contribution in [0.15, 0.2) is 0 Å². The second kappa shape index (κ2) is 13.1. The molecule has 2 heteroatoms. The third kappa shape index (κ3) is 9.99. The maximum atomic E-state index is 10.3. The van der Waals surface area contributed by atoms with E-state index in [1.165, 1.54) is 103 Å². The maximum Gasteiger partial charge on any atom is 0.0620 e. The van der Waals surface area contributed by atoms with Crippen molar-refractivity contribution in [2.24, 2.45) is 5.92 Å². The highest BCUT2D eigenvalue weighted by atomic mass is 16.3. The number of likely N-dealkylation sites (tertiary alicyclic amines) is 1. The van der Waals surface area contributed by atoms with Crippen molar-refractivity contribution < 1.29 is 5.11 Å². The minimum absolute atomic E-state index is 0.485. The molecule has 0 aromatic carbocycles. The van der Waals surface area contributed by atoms with Gasteiger partial charge in [0.25, 0.3) is 0 Å². The monoisotopic (exact) mass is 353 g/mol. The van der Waals surface area contributed by atoms with Gasteiger partial charge < -0.3 is 10.0 Å². The fourth-order valence-corrected chi connectivity index (χ4v) is 4.45. The molecular weight excluding hydrogens is 306 g/mol. The smallest absolute Gasteiger partial charge is 0.0620 e. The topological polar surface area (TPSA) is 23.5 Å². The Bertz CT molecular complexity index is 288. The Labute approximate surface area is 158 Å². The molecule has 0 spiro atoms. The van der Waals surface area contributed by atoms with Crippen LogP contribution in [0.3, 0.4) is 0 Å². The zero-order valence-corrected chi connectivity index (χ0v) is 17.9. The van der Waals surface area contributed by atoms with Gasteiger partial charge in [0, 0.05) is 6.04 Å². The lowest BCUT2D eigenvalue weighted by Gasteiger charge is -2.41. The molecule has 0 aromatic heterocycles. The van der Waals surface area contributed by atoms with Crippen LogP contribution in [-0.4, -0.2) is 34.7 Å². The first-order chi connectivity index (χ1) is 12.0. The van der Waals surface area contributed by atoms with Crippen molar-refractivity contribution in [3.05, 3.63) is 0 Å². The molecule has 1 N–H and O–H groups in total. The van der Waals surface area contributed by atoms with Crippen molar-refractivity contribution in [1.82, 2.24) is 4.90 Å². The molecule has 1 aliphatic rings. The van der Waals surface area contributed by atoms with E-state index in [1.807, 2.05) is 13.8 Å². The fraction of sp³-hybridized carbons (Fsp3) is 1.00. The number of rotatable bonds is 14. The molecule has 1 saturated heterocycles. The Hall–Kier alpha value is -0.0800. The second-order valence-electron chi connectivity index (χ2n) is 9.02. The molecule has 0 unspecified atom stereocenters. The first-order valence-electron chi connectivity index (χ1n) is 11.5. The van der Waals surface area contributed by atoms with Gasteiger partial charge in [-0.1, -0.05) is 78.1 Å². The lowest BCUT2D eigenvalue weighted by atomic mass is 9.82. The van der Waals surface area contributed by atoms with Crippen molar-refractivity contribution in [3.8, 4) is 0 Å². The highest BCUT2D eigenvalue weighted by molar-refractivity contribution is 4.85. The Kier molecular flexibility index (Phi) is 12.1. The minimum Gasteiger partial charge on any atom is -0.390 e. The van der Waals surface area contributed by atoms with Gasteiger partial charge in [-0.05, 0) is 58.5 Å². The standard InChI is InChI=1S/C23H47NO/c1-5-7-9-11-13-15-22(16-14-12-10-8-6-2)24-19-17-21(18-20-24)23(3,4)25/h21-22,25H,5-20H2,1-4H3.